The Morgan fingerprint density at radius 3 is 2.17 bits per heavy atom. The number of hydrogen-bond donors (Lipinski definition) is 4. The third-order valence-electron chi connectivity index (χ3n) is 1.30. The van der Waals surface area contributed by atoms with E-state index in [2.05, 4.69) is 17.9 Å². The van der Waals surface area contributed by atoms with Crippen molar-refractivity contribution in [2.45, 2.75) is 19.0 Å². The van der Waals surface area contributed by atoms with E-state index < -0.39 is 24.0 Å². The lowest BCUT2D eigenvalue weighted by atomic mass is 10.2. The first-order valence-electron chi connectivity index (χ1n) is 3.31. The second-order valence-corrected chi connectivity index (χ2v) is 2.67. The minimum Gasteiger partial charge on any atom is -0.480 e. The summed E-state index contributed by atoms with van der Waals surface area (Å²) in [5.41, 5.74) is 0. The van der Waals surface area contributed by atoms with Gasteiger partial charge in [0, 0.05) is 5.75 Å². The number of aliphatic carboxylic acids is 2. The standard InChI is InChI=1S/C6H11NO4S/c1-3(5(8)9)7-4(2-12)6(10)11/h3-4,7,12H,2H2,1H3,(H,8,9)(H,10,11). The Hall–Kier alpha value is -0.750. The van der Waals surface area contributed by atoms with Crippen LogP contribution in [-0.4, -0.2) is 40.0 Å². The minimum absolute atomic E-state index is 0.0625. The predicted octanol–water partition coefficient (Wildman–Crippen LogP) is -0.568. The molecule has 0 spiro atoms. The van der Waals surface area contributed by atoms with Crippen molar-refractivity contribution in [3.63, 3.8) is 0 Å². The van der Waals surface area contributed by atoms with Gasteiger partial charge >= 0.3 is 11.9 Å². The van der Waals surface area contributed by atoms with Crippen LogP contribution in [-0.2, 0) is 9.59 Å². The van der Waals surface area contributed by atoms with Crippen molar-refractivity contribution in [1.29, 1.82) is 0 Å². The molecule has 70 valence electrons. The maximum atomic E-state index is 10.4. The van der Waals surface area contributed by atoms with Crippen molar-refractivity contribution in [1.82, 2.24) is 5.32 Å². The van der Waals surface area contributed by atoms with E-state index >= 15 is 0 Å². The van der Waals surface area contributed by atoms with Crippen LogP contribution in [0.2, 0.25) is 0 Å². The van der Waals surface area contributed by atoms with Crippen LogP contribution in [0.1, 0.15) is 6.92 Å². The quantitative estimate of drug-likeness (QED) is 0.439. The second kappa shape index (κ2) is 5.00. The maximum Gasteiger partial charge on any atom is 0.321 e. The molecule has 0 saturated carbocycles. The lowest BCUT2D eigenvalue weighted by Gasteiger charge is -2.14. The van der Waals surface area contributed by atoms with E-state index in [-0.39, 0.29) is 5.75 Å². The molecule has 2 atom stereocenters. The molecule has 0 aliphatic carbocycles. The van der Waals surface area contributed by atoms with E-state index in [9.17, 15) is 9.59 Å². The van der Waals surface area contributed by atoms with Crippen molar-refractivity contribution < 1.29 is 19.8 Å². The zero-order chi connectivity index (χ0) is 9.72. The van der Waals surface area contributed by atoms with Crippen LogP contribution >= 0.6 is 12.6 Å². The Kier molecular flexibility index (Phi) is 4.68. The van der Waals surface area contributed by atoms with Gasteiger partial charge in [0.05, 0.1) is 0 Å². The van der Waals surface area contributed by atoms with Crippen molar-refractivity contribution in [2.75, 3.05) is 5.75 Å². The van der Waals surface area contributed by atoms with Gasteiger partial charge in [-0.05, 0) is 6.92 Å². The van der Waals surface area contributed by atoms with Crippen LogP contribution in [0.25, 0.3) is 0 Å². The average Bonchev–Trinajstić information content (AvgIpc) is 1.98. The van der Waals surface area contributed by atoms with Gasteiger partial charge in [0.15, 0.2) is 0 Å². The maximum absolute atomic E-state index is 10.4. The van der Waals surface area contributed by atoms with Crippen LogP contribution in [0.3, 0.4) is 0 Å². The molecule has 0 bridgehead atoms. The number of carbonyl (C=O) groups is 2. The summed E-state index contributed by atoms with van der Waals surface area (Å²) in [5.74, 6) is -2.12. The Labute approximate surface area is 75.2 Å². The van der Waals surface area contributed by atoms with Gasteiger partial charge in [0.1, 0.15) is 12.1 Å². The predicted molar refractivity (Wildman–Crippen MR) is 45.5 cm³/mol. The van der Waals surface area contributed by atoms with Crippen molar-refractivity contribution >= 4 is 24.6 Å². The molecule has 0 aliphatic heterocycles. The van der Waals surface area contributed by atoms with E-state index in [4.69, 9.17) is 10.2 Å². The molecule has 6 heteroatoms. The molecule has 5 nitrogen and oxygen atoms in total. The largest absolute Gasteiger partial charge is 0.480 e. The van der Waals surface area contributed by atoms with E-state index in [1.54, 1.807) is 0 Å². The molecular formula is C6H11NO4S. The Balaban J connectivity index is 4.02. The normalized spacial score (nSPS) is 15.2. The Morgan fingerprint density at radius 1 is 1.42 bits per heavy atom. The second-order valence-electron chi connectivity index (χ2n) is 2.30. The fourth-order valence-electron chi connectivity index (χ4n) is 0.575. The highest BCUT2D eigenvalue weighted by Crippen LogP contribution is 1.91. The summed E-state index contributed by atoms with van der Waals surface area (Å²) in [6.45, 7) is 1.38. The van der Waals surface area contributed by atoms with Gasteiger partial charge < -0.3 is 10.2 Å². The lowest BCUT2D eigenvalue weighted by molar-refractivity contribution is -0.141. The molecule has 12 heavy (non-hydrogen) atoms. The highest BCUT2D eigenvalue weighted by Gasteiger charge is 2.20. The van der Waals surface area contributed by atoms with Crippen molar-refractivity contribution in [2.24, 2.45) is 0 Å². The Morgan fingerprint density at radius 2 is 1.92 bits per heavy atom. The molecule has 0 rings (SSSR count). The number of carboxylic acid groups (broad SMARTS) is 2. The van der Waals surface area contributed by atoms with Crippen molar-refractivity contribution in [3.05, 3.63) is 0 Å². The first kappa shape index (κ1) is 11.2. The van der Waals surface area contributed by atoms with Crippen LogP contribution < -0.4 is 5.32 Å². The van der Waals surface area contributed by atoms with Gasteiger partial charge in [0.2, 0.25) is 0 Å². The summed E-state index contributed by atoms with van der Waals surface area (Å²) in [7, 11) is 0. The molecule has 2 unspecified atom stereocenters. The molecule has 0 aromatic heterocycles. The molecule has 0 radical (unpaired) electrons. The zero-order valence-electron chi connectivity index (χ0n) is 6.52. The van der Waals surface area contributed by atoms with E-state index in [1.165, 1.54) is 6.92 Å². The number of thiol groups is 1. The molecule has 0 aliphatic rings. The number of nitrogens with one attached hydrogen (secondary N) is 1. The highest BCUT2D eigenvalue weighted by molar-refractivity contribution is 7.80. The molecule has 0 amide bonds. The summed E-state index contributed by atoms with van der Waals surface area (Å²) in [6, 6.07) is -1.79. The van der Waals surface area contributed by atoms with Crippen LogP contribution in [0, 0.1) is 0 Å². The fourth-order valence-corrected chi connectivity index (χ4v) is 0.837. The summed E-state index contributed by atoms with van der Waals surface area (Å²) in [4.78, 5) is 20.7. The van der Waals surface area contributed by atoms with Gasteiger partial charge in [-0.15, -0.1) is 0 Å². The van der Waals surface area contributed by atoms with E-state index in [1.807, 2.05) is 0 Å². The van der Waals surface area contributed by atoms with Crippen molar-refractivity contribution in [3.8, 4) is 0 Å². The minimum atomic E-state index is -1.10. The van der Waals surface area contributed by atoms with Crippen LogP contribution in [0.15, 0.2) is 0 Å². The fraction of sp³-hybridized carbons (Fsp3) is 0.667. The summed E-state index contributed by atoms with van der Waals surface area (Å²) in [6.07, 6.45) is 0. The zero-order valence-corrected chi connectivity index (χ0v) is 7.41. The molecule has 3 N–H and O–H groups in total. The van der Waals surface area contributed by atoms with E-state index in [0.717, 1.165) is 0 Å². The number of rotatable bonds is 5. The molecular weight excluding hydrogens is 182 g/mol. The van der Waals surface area contributed by atoms with Crippen LogP contribution in [0.5, 0.6) is 0 Å². The third-order valence-corrected chi connectivity index (χ3v) is 1.67. The van der Waals surface area contributed by atoms with E-state index in [0.29, 0.717) is 0 Å². The number of hydrogen-bond acceptors (Lipinski definition) is 4. The highest BCUT2D eigenvalue weighted by atomic mass is 32.1. The molecule has 0 fully saturated rings. The summed E-state index contributed by atoms with van der Waals surface area (Å²) < 4.78 is 0. The van der Waals surface area contributed by atoms with Gasteiger partial charge in [0.25, 0.3) is 0 Å². The monoisotopic (exact) mass is 193 g/mol. The van der Waals surface area contributed by atoms with Crippen LogP contribution in [0.4, 0.5) is 0 Å². The lowest BCUT2D eigenvalue weighted by Crippen LogP contribution is -2.46. The third kappa shape index (κ3) is 3.59. The van der Waals surface area contributed by atoms with Gasteiger partial charge in [-0.1, -0.05) is 0 Å². The Bertz CT molecular complexity index is 184. The molecule has 0 saturated heterocycles. The summed E-state index contributed by atoms with van der Waals surface area (Å²) in [5, 5.41) is 19.3. The number of carboxylic acids is 2. The van der Waals surface area contributed by atoms with Gasteiger partial charge in [-0.2, -0.15) is 12.6 Å². The smallest absolute Gasteiger partial charge is 0.321 e. The summed E-state index contributed by atoms with van der Waals surface area (Å²) >= 11 is 3.76. The molecule has 0 aromatic carbocycles. The van der Waals surface area contributed by atoms with Gasteiger partial charge in [-0.25, -0.2) is 0 Å². The first-order chi connectivity index (χ1) is 5.49. The first-order valence-corrected chi connectivity index (χ1v) is 3.94. The van der Waals surface area contributed by atoms with Gasteiger partial charge in [-0.3, -0.25) is 14.9 Å². The topological polar surface area (TPSA) is 86.6 Å². The molecule has 0 heterocycles. The average molecular weight is 193 g/mol. The SMILES string of the molecule is CC(NC(CS)C(=O)O)C(=O)O. The molecule has 0 aromatic rings.